The van der Waals surface area contributed by atoms with E-state index in [4.69, 9.17) is 5.73 Å². The second kappa shape index (κ2) is 3.97. The van der Waals surface area contributed by atoms with Crippen LogP contribution in [0.3, 0.4) is 0 Å². The Kier molecular flexibility index (Phi) is 3.24. The van der Waals surface area contributed by atoms with E-state index < -0.39 is 0 Å². The highest BCUT2D eigenvalue weighted by atomic mass is 15.3. The maximum atomic E-state index is 5.82. The second-order valence-electron chi connectivity index (χ2n) is 5.17. The van der Waals surface area contributed by atoms with Crippen molar-refractivity contribution in [3.8, 4) is 0 Å². The van der Waals surface area contributed by atoms with Crippen LogP contribution in [-0.2, 0) is 5.41 Å². The number of aryl methyl sites for hydroxylation is 1. The molecule has 2 N–H and O–H groups in total. The maximum absolute atomic E-state index is 5.82. The molecule has 1 rings (SSSR count). The van der Waals surface area contributed by atoms with E-state index in [1.165, 1.54) is 11.3 Å². The summed E-state index contributed by atoms with van der Waals surface area (Å²) in [4.78, 5) is 0. The zero-order valence-corrected chi connectivity index (χ0v) is 10.8. The van der Waals surface area contributed by atoms with E-state index in [-0.39, 0.29) is 5.41 Å². The molecule has 0 saturated carbocycles. The number of nitrogens with two attached hydrogens (primary N) is 1. The standard InChI is InChI=1S/C12H23N3/c1-8(2)15-10(4)11(9(3)14-15)12(5,6)7-13/h8H,7,13H2,1-6H3. The van der Waals surface area contributed by atoms with Gasteiger partial charge in [0.05, 0.1) is 5.69 Å². The van der Waals surface area contributed by atoms with E-state index in [1.54, 1.807) is 0 Å². The van der Waals surface area contributed by atoms with Gasteiger partial charge in [0.15, 0.2) is 0 Å². The number of hydrogen-bond donors (Lipinski definition) is 1. The molecule has 0 fully saturated rings. The molecule has 0 amide bonds. The van der Waals surface area contributed by atoms with Crippen LogP contribution in [0.15, 0.2) is 0 Å². The van der Waals surface area contributed by atoms with Crippen LogP contribution in [0, 0.1) is 13.8 Å². The van der Waals surface area contributed by atoms with E-state index >= 15 is 0 Å². The Morgan fingerprint density at radius 2 is 1.87 bits per heavy atom. The highest BCUT2D eigenvalue weighted by molar-refractivity contribution is 5.32. The van der Waals surface area contributed by atoms with Crippen molar-refractivity contribution in [2.45, 2.75) is 53.0 Å². The van der Waals surface area contributed by atoms with Crippen molar-refractivity contribution in [3.05, 3.63) is 17.0 Å². The molecular weight excluding hydrogens is 186 g/mol. The first kappa shape index (κ1) is 12.2. The number of hydrogen-bond acceptors (Lipinski definition) is 2. The van der Waals surface area contributed by atoms with Crippen LogP contribution in [0.2, 0.25) is 0 Å². The van der Waals surface area contributed by atoms with Gasteiger partial charge in [-0.25, -0.2) is 0 Å². The lowest BCUT2D eigenvalue weighted by molar-refractivity contribution is 0.504. The number of aromatic nitrogens is 2. The van der Waals surface area contributed by atoms with Crippen molar-refractivity contribution in [1.82, 2.24) is 9.78 Å². The molecule has 0 spiro atoms. The van der Waals surface area contributed by atoms with Crippen molar-refractivity contribution in [2.75, 3.05) is 6.54 Å². The summed E-state index contributed by atoms with van der Waals surface area (Å²) < 4.78 is 2.09. The van der Waals surface area contributed by atoms with E-state index in [1.807, 2.05) is 0 Å². The molecule has 3 nitrogen and oxygen atoms in total. The Hall–Kier alpha value is -0.830. The quantitative estimate of drug-likeness (QED) is 0.830. The van der Waals surface area contributed by atoms with E-state index in [9.17, 15) is 0 Å². The minimum atomic E-state index is 0.0152. The molecule has 1 aromatic rings. The van der Waals surface area contributed by atoms with Gasteiger partial charge >= 0.3 is 0 Å². The van der Waals surface area contributed by atoms with Gasteiger partial charge in [-0.3, -0.25) is 4.68 Å². The third-order valence-electron chi connectivity index (χ3n) is 3.00. The Labute approximate surface area is 92.7 Å². The highest BCUT2D eigenvalue weighted by Crippen LogP contribution is 2.29. The molecule has 15 heavy (non-hydrogen) atoms. The molecule has 0 atom stereocenters. The lowest BCUT2D eigenvalue weighted by Crippen LogP contribution is -2.29. The van der Waals surface area contributed by atoms with Gasteiger partial charge < -0.3 is 5.73 Å². The largest absolute Gasteiger partial charge is 0.330 e. The molecule has 0 radical (unpaired) electrons. The lowest BCUT2D eigenvalue weighted by Gasteiger charge is -2.23. The fourth-order valence-corrected chi connectivity index (χ4v) is 2.25. The summed E-state index contributed by atoms with van der Waals surface area (Å²) >= 11 is 0. The minimum Gasteiger partial charge on any atom is -0.330 e. The number of rotatable bonds is 3. The van der Waals surface area contributed by atoms with Crippen LogP contribution >= 0.6 is 0 Å². The first-order valence-electron chi connectivity index (χ1n) is 5.57. The number of nitrogens with zero attached hydrogens (tertiary/aromatic N) is 2. The van der Waals surface area contributed by atoms with Gasteiger partial charge in [0, 0.05) is 29.3 Å². The Bertz CT molecular complexity index is 348. The average Bonchev–Trinajstić information content (AvgIpc) is 2.42. The molecule has 0 aliphatic heterocycles. The average molecular weight is 209 g/mol. The molecule has 86 valence electrons. The zero-order valence-electron chi connectivity index (χ0n) is 10.8. The summed E-state index contributed by atoms with van der Waals surface area (Å²) in [5.41, 5.74) is 9.50. The normalized spacial score (nSPS) is 12.5. The third kappa shape index (κ3) is 2.07. The van der Waals surface area contributed by atoms with Gasteiger partial charge in [0.2, 0.25) is 0 Å². The summed E-state index contributed by atoms with van der Waals surface area (Å²) in [6.45, 7) is 13.5. The summed E-state index contributed by atoms with van der Waals surface area (Å²) in [6, 6.07) is 0.408. The van der Waals surface area contributed by atoms with Crippen LogP contribution in [0.5, 0.6) is 0 Å². The summed E-state index contributed by atoms with van der Waals surface area (Å²) in [5, 5.41) is 4.59. The monoisotopic (exact) mass is 209 g/mol. The summed E-state index contributed by atoms with van der Waals surface area (Å²) in [6.07, 6.45) is 0. The van der Waals surface area contributed by atoms with Gasteiger partial charge in [-0.15, -0.1) is 0 Å². The molecule has 0 saturated heterocycles. The van der Waals surface area contributed by atoms with Crippen LogP contribution in [0.1, 0.15) is 50.7 Å². The van der Waals surface area contributed by atoms with Crippen LogP contribution in [-0.4, -0.2) is 16.3 Å². The Morgan fingerprint density at radius 1 is 1.33 bits per heavy atom. The molecule has 0 unspecified atom stereocenters. The molecule has 0 aromatic carbocycles. The van der Waals surface area contributed by atoms with Gasteiger partial charge in [0.1, 0.15) is 0 Å². The second-order valence-corrected chi connectivity index (χ2v) is 5.17. The van der Waals surface area contributed by atoms with E-state index in [2.05, 4.69) is 51.3 Å². The minimum absolute atomic E-state index is 0.0152. The molecule has 0 bridgehead atoms. The zero-order chi connectivity index (χ0) is 11.8. The summed E-state index contributed by atoms with van der Waals surface area (Å²) in [7, 11) is 0. The smallest absolute Gasteiger partial charge is 0.0634 e. The fourth-order valence-electron chi connectivity index (χ4n) is 2.25. The first-order chi connectivity index (χ1) is 6.81. The topological polar surface area (TPSA) is 43.8 Å². The van der Waals surface area contributed by atoms with E-state index in [0.717, 1.165) is 5.69 Å². The summed E-state index contributed by atoms with van der Waals surface area (Å²) in [5.74, 6) is 0. The molecule has 1 heterocycles. The van der Waals surface area contributed by atoms with Crippen LogP contribution in [0.25, 0.3) is 0 Å². The van der Waals surface area contributed by atoms with Gasteiger partial charge in [-0.05, 0) is 27.7 Å². The molecule has 0 aliphatic rings. The van der Waals surface area contributed by atoms with Gasteiger partial charge in [-0.2, -0.15) is 5.10 Å². The van der Waals surface area contributed by atoms with Crippen molar-refractivity contribution in [2.24, 2.45) is 5.73 Å². The lowest BCUT2D eigenvalue weighted by atomic mass is 9.83. The molecule has 1 aromatic heterocycles. The van der Waals surface area contributed by atoms with Crippen molar-refractivity contribution in [3.63, 3.8) is 0 Å². The van der Waals surface area contributed by atoms with Gasteiger partial charge in [0.25, 0.3) is 0 Å². The predicted molar refractivity (Wildman–Crippen MR) is 64.2 cm³/mol. The molecule has 0 aliphatic carbocycles. The highest BCUT2D eigenvalue weighted by Gasteiger charge is 2.27. The van der Waals surface area contributed by atoms with Gasteiger partial charge in [-0.1, -0.05) is 13.8 Å². The van der Waals surface area contributed by atoms with Crippen LogP contribution in [0.4, 0.5) is 0 Å². The SMILES string of the molecule is Cc1nn(C(C)C)c(C)c1C(C)(C)CN. The van der Waals surface area contributed by atoms with E-state index in [0.29, 0.717) is 12.6 Å². The Morgan fingerprint density at radius 3 is 2.20 bits per heavy atom. The predicted octanol–water partition coefficient (Wildman–Crippen LogP) is 2.32. The third-order valence-corrected chi connectivity index (χ3v) is 3.00. The van der Waals surface area contributed by atoms with Crippen molar-refractivity contribution < 1.29 is 0 Å². The van der Waals surface area contributed by atoms with Crippen molar-refractivity contribution in [1.29, 1.82) is 0 Å². The fraction of sp³-hybridized carbons (Fsp3) is 0.750. The molecule has 3 heteroatoms. The van der Waals surface area contributed by atoms with Crippen LogP contribution < -0.4 is 5.73 Å². The molecular formula is C12H23N3. The van der Waals surface area contributed by atoms with Crippen molar-refractivity contribution >= 4 is 0 Å². The Balaban J connectivity index is 3.31. The first-order valence-corrected chi connectivity index (χ1v) is 5.57. The maximum Gasteiger partial charge on any atom is 0.0634 e.